The van der Waals surface area contributed by atoms with Gasteiger partial charge in [-0.1, -0.05) is 6.58 Å². The van der Waals surface area contributed by atoms with Gasteiger partial charge in [0.2, 0.25) is 11.9 Å². The van der Waals surface area contributed by atoms with Crippen LogP contribution in [0.25, 0.3) is 0 Å². The highest BCUT2D eigenvalue weighted by atomic mass is 16.4. The molecule has 0 saturated heterocycles. The standard InChI is InChI=1S/C9H11NO6/c1-4(2)5(11)3-6(12)10-7(8(13)14)9(15)16/h7H,1,3H2,2H3,(H,10,12)(H,13,14)(H,15,16). The zero-order valence-corrected chi connectivity index (χ0v) is 8.52. The van der Waals surface area contributed by atoms with E-state index in [1.54, 1.807) is 5.32 Å². The van der Waals surface area contributed by atoms with Crippen LogP contribution >= 0.6 is 0 Å². The van der Waals surface area contributed by atoms with Crippen LogP contribution in [0.15, 0.2) is 12.2 Å². The number of hydrogen-bond acceptors (Lipinski definition) is 4. The molecule has 0 saturated carbocycles. The monoisotopic (exact) mass is 229 g/mol. The molecule has 0 aromatic heterocycles. The van der Waals surface area contributed by atoms with Gasteiger partial charge >= 0.3 is 11.9 Å². The molecule has 0 aliphatic carbocycles. The fraction of sp³-hybridized carbons (Fsp3) is 0.333. The maximum atomic E-state index is 11.1. The summed E-state index contributed by atoms with van der Waals surface area (Å²) in [5, 5.41) is 18.6. The van der Waals surface area contributed by atoms with Gasteiger partial charge in [-0.2, -0.15) is 0 Å². The molecule has 88 valence electrons. The molecular formula is C9H11NO6. The SMILES string of the molecule is C=C(C)C(=O)CC(=O)NC(C(=O)O)C(=O)O. The van der Waals surface area contributed by atoms with Crippen LogP contribution in [0.3, 0.4) is 0 Å². The normalized spacial score (nSPS) is 9.62. The smallest absolute Gasteiger partial charge is 0.338 e. The molecule has 0 aromatic rings. The van der Waals surface area contributed by atoms with Crippen LogP contribution in [0.4, 0.5) is 0 Å². The Morgan fingerprint density at radius 2 is 1.62 bits per heavy atom. The Morgan fingerprint density at radius 3 is 1.94 bits per heavy atom. The van der Waals surface area contributed by atoms with E-state index in [-0.39, 0.29) is 5.57 Å². The largest absolute Gasteiger partial charge is 0.479 e. The molecule has 0 fully saturated rings. The Morgan fingerprint density at radius 1 is 1.19 bits per heavy atom. The lowest BCUT2D eigenvalue weighted by atomic mass is 10.1. The van der Waals surface area contributed by atoms with Gasteiger partial charge in [-0.25, -0.2) is 9.59 Å². The summed E-state index contributed by atoms with van der Waals surface area (Å²) < 4.78 is 0. The molecule has 0 rings (SSSR count). The second kappa shape index (κ2) is 5.64. The molecular weight excluding hydrogens is 218 g/mol. The van der Waals surface area contributed by atoms with Crippen LogP contribution in [0.5, 0.6) is 0 Å². The van der Waals surface area contributed by atoms with Crippen LogP contribution in [0, 0.1) is 0 Å². The Bertz CT molecular complexity index is 345. The summed E-state index contributed by atoms with van der Waals surface area (Å²) in [6.07, 6.45) is -0.619. The number of carboxylic acid groups (broad SMARTS) is 2. The highest BCUT2D eigenvalue weighted by molar-refractivity contribution is 6.08. The highest BCUT2D eigenvalue weighted by Crippen LogP contribution is 1.96. The molecule has 1 amide bonds. The van der Waals surface area contributed by atoms with Crippen molar-refractivity contribution in [1.82, 2.24) is 5.32 Å². The van der Waals surface area contributed by atoms with Gasteiger partial charge in [0.1, 0.15) is 0 Å². The lowest BCUT2D eigenvalue weighted by Gasteiger charge is -2.09. The van der Waals surface area contributed by atoms with Gasteiger partial charge in [0.15, 0.2) is 5.78 Å². The van der Waals surface area contributed by atoms with Crippen LogP contribution in [-0.4, -0.2) is 39.9 Å². The Labute approximate surface area is 90.8 Å². The minimum absolute atomic E-state index is 0.136. The van der Waals surface area contributed by atoms with Crippen LogP contribution in [0.2, 0.25) is 0 Å². The van der Waals surface area contributed by atoms with Crippen LogP contribution < -0.4 is 5.32 Å². The average Bonchev–Trinajstić information content (AvgIpc) is 2.12. The zero-order valence-electron chi connectivity index (χ0n) is 8.52. The van der Waals surface area contributed by atoms with Crippen molar-refractivity contribution in [2.45, 2.75) is 19.4 Å². The van der Waals surface area contributed by atoms with Crippen molar-refractivity contribution in [3.05, 3.63) is 12.2 Å². The van der Waals surface area contributed by atoms with Crippen molar-refractivity contribution in [2.75, 3.05) is 0 Å². The maximum absolute atomic E-state index is 11.1. The Kier molecular flexibility index (Phi) is 4.87. The molecule has 0 aromatic carbocycles. The van der Waals surface area contributed by atoms with Crippen LogP contribution in [-0.2, 0) is 19.2 Å². The zero-order chi connectivity index (χ0) is 12.9. The molecule has 3 N–H and O–H groups in total. The lowest BCUT2D eigenvalue weighted by molar-refractivity contribution is -0.153. The van der Waals surface area contributed by atoms with Gasteiger partial charge in [0.05, 0.1) is 6.42 Å². The molecule has 0 atom stereocenters. The number of carbonyl (C=O) groups excluding carboxylic acids is 2. The second-order valence-corrected chi connectivity index (χ2v) is 3.06. The fourth-order valence-electron chi connectivity index (χ4n) is 0.738. The third kappa shape index (κ3) is 4.36. The van der Waals surface area contributed by atoms with Gasteiger partial charge in [0, 0.05) is 0 Å². The number of allylic oxidation sites excluding steroid dienone is 1. The van der Waals surface area contributed by atoms with E-state index in [0.717, 1.165) is 0 Å². The fourth-order valence-corrected chi connectivity index (χ4v) is 0.738. The van der Waals surface area contributed by atoms with E-state index in [9.17, 15) is 19.2 Å². The van der Waals surface area contributed by atoms with Crippen molar-refractivity contribution >= 4 is 23.6 Å². The van der Waals surface area contributed by atoms with E-state index in [4.69, 9.17) is 10.2 Å². The predicted octanol–water partition coefficient (Wildman–Crippen LogP) is -0.824. The predicted molar refractivity (Wildman–Crippen MR) is 51.6 cm³/mol. The van der Waals surface area contributed by atoms with Crippen molar-refractivity contribution in [3.8, 4) is 0 Å². The first-order chi connectivity index (χ1) is 7.25. The molecule has 16 heavy (non-hydrogen) atoms. The third-order valence-electron chi connectivity index (χ3n) is 1.60. The summed E-state index contributed by atoms with van der Waals surface area (Å²) >= 11 is 0. The number of Topliss-reactive ketones (excluding diaryl/α,β-unsaturated/α-hetero) is 1. The second-order valence-electron chi connectivity index (χ2n) is 3.06. The highest BCUT2D eigenvalue weighted by Gasteiger charge is 2.28. The molecule has 0 aliphatic heterocycles. The van der Waals surface area contributed by atoms with E-state index in [1.807, 2.05) is 0 Å². The summed E-state index contributed by atoms with van der Waals surface area (Å²) in [4.78, 5) is 42.9. The van der Waals surface area contributed by atoms with Gasteiger partial charge in [-0.05, 0) is 12.5 Å². The first-order valence-corrected chi connectivity index (χ1v) is 4.19. The number of amides is 1. The maximum Gasteiger partial charge on any atom is 0.338 e. The molecule has 7 nitrogen and oxygen atoms in total. The minimum atomic E-state index is -2.05. The molecule has 0 heterocycles. The number of rotatable bonds is 6. The number of ketones is 1. The summed E-state index contributed by atoms with van der Waals surface area (Å²) in [6, 6.07) is -2.05. The van der Waals surface area contributed by atoms with Crippen molar-refractivity contribution in [1.29, 1.82) is 0 Å². The molecule has 0 aliphatic rings. The van der Waals surface area contributed by atoms with Gasteiger partial charge in [-0.3, -0.25) is 9.59 Å². The third-order valence-corrected chi connectivity index (χ3v) is 1.60. The first-order valence-electron chi connectivity index (χ1n) is 4.19. The van der Waals surface area contributed by atoms with Crippen molar-refractivity contribution in [2.24, 2.45) is 0 Å². The average molecular weight is 229 g/mol. The van der Waals surface area contributed by atoms with E-state index < -0.39 is 36.1 Å². The first kappa shape index (κ1) is 13.8. The Hall–Kier alpha value is -2.18. The number of nitrogens with one attached hydrogen (secondary N) is 1. The summed E-state index contributed by atoms with van der Waals surface area (Å²) in [5.41, 5.74) is 0.136. The minimum Gasteiger partial charge on any atom is -0.479 e. The summed E-state index contributed by atoms with van der Waals surface area (Å²) in [6.45, 7) is 4.69. The molecule has 0 unspecified atom stereocenters. The van der Waals surface area contributed by atoms with Gasteiger partial charge < -0.3 is 15.5 Å². The van der Waals surface area contributed by atoms with E-state index in [0.29, 0.717) is 0 Å². The van der Waals surface area contributed by atoms with Gasteiger partial charge in [0.25, 0.3) is 0 Å². The topological polar surface area (TPSA) is 121 Å². The number of aliphatic carboxylic acids is 2. The molecule has 7 heteroatoms. The van der Waals surface area contributed by atoms with Crippen molar-refractivity contribution < 1.29 is 29.4 Å². The Balaban J connectivity index is 4.43. The lowest BCUT2D eigenvalue weighted by Crippen LogP contribution is -2.46. The molecule has 0 radical (unpaired) electrons. The summed E-state index contributed by atoms with van der Waals surface area (Å²) in [7, 11) is 0. The van der Waals surface area contributed by atoms with E-state index in [1.165, 1.54) is 6.92 Å². The van der Waals surface area contributed by atoms with Crippen molar-refractivity contribution in [3.63, 3.8) is 0 Å². The van der Waals surface area contributed by atoms with Crippen LogP contribution in [0.1, 0.15) is 13.3 Å². The summed E-state index contributed by atoms with van der Waals surface area (Å²) in [5.74, 6) is -4.96. The number of carbonyl (C=O) groups is 4. The van der Waals surface area contributed by atoms with E-state index >= 15 is 0 Å². The molecule has 0 bridgehead atoms. The number of carboxylic acids is 2. The van der Waals surface area contributed by atoms with E-state index in [2.05, 4.69) is 6.58 Å². The number of hydrogen-bond donors (Lipinski definition) is 3. The quantitative estimate of drug-likeness (QED) is 0.404. The molecule has 0 spiro atoms. The van der Waals surface area contributed by atoms with Gasteiger partial charge in [-0.15, -0.1) is 0 Å².